The van der Waals surface area contributed by atoms with Crippen LogP contribution in [0.1, 0.15) is 44.9 Å². The van der Waals surface area contributed by atoms with Crippen LogP contribution in [-0.4, -0.2) is 31.2 Å². The molecule has 1 saturated heterocycles. The molecule has 2 aliphatic rings. The molecule has 106 valence electrons. The molecule has 0 bridgehead atoms. The van der Waals surface area contributed by atoms with Crippen molar-refractivity contribution < 1.29 is 9.53 Å². The fraction of sp³-hybridized carbons (Fsp3) is 0.923. The number of hydrogen-bond donors (Lipinski definition) is 2. The van der Waals surface area contributed by atoms with Gasteiger partial charge in [-0.2, -0.15) is 0 Å². The van der Waals surface area contributed by atoms with E-state index in [4.69, 9.17) is 10.5 Å². The Kier molecular flexibility index (Phi) is 6.39. The molecule has 0 unspecified atom stereocenters. The van der Waals surface area contributed by atoms with E-state index in [1.807, 2.05) is 0 Å². The summed E-state index contributed by atoms with van der Waals surface area (Å²) in [5.41, 5.74) is 5.52. The molecule has 0 aromatic carbocycles. The van der Waals surface area contributed by atoms with Gasteiger partial charge >= 0.3 is 0 Å². The fourth-order valence-electron chi connectivity index (χ4n) is 2.83. The van der Waals surface area contributed by atoms with Gasteiger partial charge in [-0.1, -0.05) is 12.8 Å². The Balaban J connectivity index is 0.00000162. The van der Waals surface area contributed by atoms with Crippen molar-refractivity contribution in [2.45, 2.75) is 50.5 Å². The largest absolute Gasteiger partial charge is 0.381 e. The number of nitrogens with two attached hydrogens (primary N) is 1. The number of rotatable bonds is 4. The van der Waals surface area contributed by atoms with Crippen LogP contribution < -0.4 is 11.1 Å². The van der Waals surface area contributed by atoms with E-state index in [9.17, 15) is 4.79 Å². The minimum Gasteiger partial charge on any atom is -0.381 e. The molecule has 1 saturated carbocycles. The van der Waals surface area contributed by atoms with Gasteiger partial charge in [-0.05, 0) is 38.0 Å². The van der Waals surface area contributed by atoms with Crippen LogP contribution in [0.3, 0.4) is 0 Å². The van der Waals surface area contributed by atoms with Crippen LogP contribution in [0.4, 0.5) is 0 Å². The third-order valence-corrected chi connectivity index (χ3v) is 4.13. The lowest BCUT2D eigenvalue weighted by Gasteiger charge is -2.25. The number of carbonyl (C=O) groups is 1. The molecule has 2 rings (SSSR count). The topological polar surface area (TPSA) is 64.4 Å². The van der Waals surface area contributed by atoms with E-state index in [0.29, 0.717) is 5.92 Å². The summed E-state index contributed by atoms with van der Waals surface area (Å²) in [4.78, 5) is 11.9. The molecule has 4 nitrogen and oxygen atoms in total. The second-order valence-electron chi connectivity index (χ2n) is 5.46. The van der Waals surface area contributed by atoms with Crippen molar-refractivity contribution in [2.24, 2.45) is 11.7 Å². The van der Waals surface area contributed by atoms with Crippen LogP contribution in [0.5, 0.6) is 0 Å². The fourth-order valence-corrected chi connectivity index (χ4v) is 2.83. The second-order valence-corrected chi connectivity index (χ2v) is 5.46. The molecule has 1 aliphatic heterocycles. The van der Waals surface area contributed by atoms with Crippen molar-refractivity contribution in [1.29, 1.82) is 0 Å². The van der Waals surface area contributed by atoms with Crippen molar-refractivity contribution in [3.05, 3.63) is 0 Å². The number of halogens is 1. The van der Waals surface area contributed by atoms with Crippen molar-refractivity contribution in [3.8, 4) is 0 Å². The molecule has 2 fully saturated rings. The average Bonchev–Trinajstić information content (AvgIpc) is 2.79. The second kappa shape index (κ2) is 7.31. The highest BCUT2D eigenvalue weighted by Crippen LogP contribution is 2.27. The lowest BCUT2D eigenvalue weighted by Crippen LogP contribution is -2.52. The molecule has 1 heterocycles. The molecule has 1 aliphatic carbocycles. The number of carbonyl (C=O) groups excluding carboxylic acids is 1. The van der Waals surface area contributed by atoms with Gasteiger partial charge in [0.05, 0.1) is 5.54 Å². The molecule has 5 heteroatoms. The van der Waals surface area contributed by atoms with Crippen molar-refractivity contribution in [3.63, 3.8) is 0 Å². The van der Waals surface area contributed by atoms with E-state index in [1.54, 1.807) is 0 Å². The van der Waals surface area contributed by atoms with E-state index >= 15 is 0 Å². The third-order valence-electron chi connectivity index (χ3n) is 4.13. The molecule has 0 spiro atoms. The molecule has 0 atom stereocenters. The van der Waals surface area contributed by atoms with E-state index < -0.39 is 5.54 Å². The first-order valence-corrected chi connectivity index (χ1v) is 6.86. The molecule has 1 amide bonds. The highest BCUT2D eigenvalue weighted by atomic mass is 35.5. The Morgan fingerprint density at radius 3 is 2.50 bits per heavy atom. The van der Waals surface area contributed by atoms with Gasteiger partial charge < -0.3 is 15.8 Å². The van der Waals surface area contributed by atoms with Crippen molar-refractivity contribution in [1.82, 2.24) is 5.32 Å². The predicted molar refractivity (Wildman–Crippen MR) is 73.8 cm³/mol. The van der Waals surface area contributed by atoms with Crippen LogP contribution in [-0.2, 0) is 9.53 Å². The highest BCUT2D eigenvalue weighted by molar-refractivity contribution is 5.86. The Labute approximate surface area is 115 Å². The smallest absolute Gasteiger partial charge is 0.240 e. The minimum absolute atomic E-state index is 0. The zero-order chi connectivity index (χ0) is 12.1. The highest BCUT2D eigenvalue weighted by Gasteiger charge is 2.36. The van der Waals surface area contributed by atoms with Crippen LogP contribution in [0.15, 0.2) is 0 Å². The lowest BCUT2D eigenvalue weighted by atomic mass is 9.95. The van der Waals surface area contributed by atoms with Crippen LogP contribution in [0, 0.1) is 5.92 Å². The number of nitrogens with one attached hydrogen (secondary N) is 1. The monoisotopic (exact) mass is 276 g/mol. The number of amides is 1. The van der Waals surface area contributed by atoms with Crippen LogP contribution in [0.2, 0.25) is 0 Å². The van der Waals surface area contributed by atoms with Gasteiger partial charge in [0.25, 0.3) is 0 Å². The Morgan fingerprint density at radius 2 is 1.89 bits per heavy atom. The van der Waals surface area contributed by atoms with Crippen molar-refractivity contribution >= 4 is 18.3 Å². The summed E-state index contributed by atoms with van der Waals surface area (Å²) in [7, 11) is 0. The predicted octanol–water partition coefficient (Wildman–Crippen LogP) is 1.61. The maximum atomic E-state index is 11.9. The quantitative estimate of drug-likeness (QED) is 0.820. The lowest BCUT2D eigenvalue weighted by molar-refractivity contribution is -0.126. The summed E-state index contributed by atoms with van der Waals surface area (Å²) < 4.78 is 5.32. The molecule has 0 aromatic heterocycles. The molecule has 0 radical (unpaired) electrons. The average molecular weight is 277 g/mol. The van der Waals surface area contributed by atoms with Gasteiger partial charge in [-0.3, -0.25) is 4.79 Å². The van der Waals surface area contributed by atoms with E-state index in [0.717, 1.165) is 64.7 Å². The van der Waals surface area contributed by atoms with E-state index in [1.165, 1.54) is 0 Å². The normalized spacial score (nSPS) is 23.4. The molecule has 18 heavy (non-hydrogen) atoms. The summed E-state index contributed by atoms with van der Waals surface area (Å²) in [5, 5.41) is 3.01. The summed E-state index contributed by atoms with van der Waals surface area (Å²) >= 11 is 0. The molecular weight excluding hydrogens is 252 g/mol. The van der Waals surface area contributed by atoms with Gasteiger partial charge in [0.2, 0.25) is 5.91 Å². The summed E-state index contributed by atoms with van der Waals surface area (Å²) in [6, 6.07) is 0. The SMILES string of the molecule is Cl.NC1(C(=O)NCCC2CCOCC2)CCCC1. The standard InChI is InChI=1S/C13H24N2O2.ClH/c14-13(6-1-2-7-13)12(16)15-8-3-11-4-9-17-10-5-11;/h11H,1-10,14H2,(H,15,16);1H. The summed E-state index contributed by atoms with van der Waals surface area (Å²) in [6.45, 7) is 2.52. The number of ether oxygens (including phenoxy) is 1. The first-order valence-electron chi connectivity index (χ1n) is 6.86. The first-order chi connectivity index (χ1) is 8.21. The Morgan fingerprint density at radius 1 is 1.28 bits per heavy atom. The van der Waals surface area contributed by atoms with Gasteiger partial charge in [0.15, 0.2) is 0 Å². The maximum absolute atomic E-state index is 11.9. The molecule has 0 aromatic rings. The van der Waals surface area contributed by atoms with Crippen LogP contribution >= 0.6 is 12.4 Å². The summed E-state index contributed by atoms with van der Waals surface area (Å²) in [6.07, 6.45) is 7.18. The number of hydrogen-bond acceptors (Lipinski definition) is 3. The van der Waals surface area contributed by atoms with Gasteiger partial charge in [-0.25, -0.2) is 0 Å². The Hall–Kier alpha value is -0.320. The van der Waals surface area contributed by atoms with Gasteiger partial charge in [0.1, 0.15) is 0 Å². The Bertz CT molecular complexity index is 262. The summed E-state index contributed by atoms with van der Waals surface area (Å²) in [5.74, 6) is 0.767. The first kappa shape index (κ1) is 15.7. The molecular formula is C13H25ClN2O2. The molecule has 3 N–H and O–H groups in total. The van der Waals surface area contributed by atoms with Gasteiger partial charge in [-0.15, -0.1) is 12.4 Å². The minimum atomic E-state index is -0.574. The van der Waals surface area contributed by atoms with E-state index in [-0.39, 0.29) is 18.3 Å². The zero-order valence-electron chi connectivity index (χ0n) is 11.0. The van der Waals surface area contributed by atoms with Crippen LogP contribution in [0.25, 0.3) is 0 Å². The van der Waals surface area contributed by atoms with Gasteiger partial charge in [0, 0.05) is 19.8 Å². The van der Waals surface area contributed by atoms with E-state index in [2.05, 4.69) is 5.32 Å². The maximum Gasteiger partial charge on any atom is 0.240 e. The zero-order valence-corrected chi connectivity index (χ0v) is 11.8. The van der Waals surface area contributed by atoms with Crippen molar-refractivity contribution in [2.75, 3.05) is 19.8 Å². The third kappa shape index (κ3) is 4.11.